The summed E-state index contributed by atoms with van der Waals surface area (Å²) < 4.78 is 0. The first-order valence-corrected chi connectivity index (χ1v) is 5.08. The minimum Gasteiger partial charge on any atom is -0.303 e. The van der Waals surface area contributed by atoms with Crippen molar-refractivity contribution in [2.45, 2.75) is 27.2 Å². The van der Waals surface area contributed by atoms with Crippen LogP contribution in [0.4, 0.5) is 4.79 Å². The number of amides is 3. The van der Waals surface area contributed by atoms with E-state index in [0.717, 1.165) is 12.0 Å². The van der Waals surface area contributed by atoms with E-state index in [1.54, 1.807) is 6.08 Å². The molecule has 3 amide bonds. The number of rotatable bonds is 3. The van der Waals surface area contributed by atoms with E-state index in [1.807, 2.05) is 13.0 Å². The topological polar surface area (TPSA) is 58.2 Å². The first-order chi connectivity index (χ1) is 7.08. The number of imide groups is 1. The number of allylic oxidation sites excluding steroid dienone is 3. The van der Waals surface area contributed by atoms with E-state index in [-0.39, 0.29) is 5.91 Å². The molecule has 0 aromatic heterocycles. The summed E-state index contributed by atoms with van der Waals surface area (Å²) in [6, 6.07) is -0.453. The van der Waals surface area contributed by atoms with E-state index in [4.69, 9.17) is 0 Å². The summed E-state index contributed by atoms with van der Waals surface area (Å²) in [4.78, 5) is 22.1. The first-order valence-electron chi connectivity index (χ1n) is 5.08. The number of nitrogens with one attached hydrogen (secondary N) is 2. The van der Waals surface area contributed by atoms with Gasteiger partial charge in [0.25, 0.3) is 5.91 Å². The van der Waals surface area contributed by atoms with Crippen LogP contribution in [0.15, 0.2) is 23.4 Å². The Labute approximate surface area is 89.4 Å². The molecule has 0 spiro atoms. The third-order valence-electron chi connectivity index (χ3n) is 2.55. The maximum atomic E-state index is 11.3. The van der Waals surface area contributed by atoms with Gasteiger partial charge in [-0.2, -0.15) is 0 Å². The summed E-state index contributed by atoms with van der Waals surface area (Å²) in [6.07, 6.45) is 4.69. The lowest BCUT2D eigenvalue weighted by atomic mass is 9.97. The van der Waals surface area contributed by atoms with Gasteiger partial charge in [-0.1, -0.05) is 19.9 Å². The average Bonchev–Trinajstić information content (AvgIpc) is 2.52. The van der Waals surface area contributed by atoms with Crippen molar-refractivity contribution in [3.8, 4) is 0 Å². The highest BCUT2D eigenvalue weighted by molar-refractivity contribution is 6.11. The van der Waals surface area contributed by atoms with Crippen molar-refractivity contribution in [2.24, 2.45) is 5.92 Å². The highest BCUT2D eigenvalue weighted by Crippen LogP contribution is 2.17. The SMILES string of the molecule is CC=C(C=C1NC(=O)NC1=O)C(C)CC. The Kier molecular flexibility index (Phi) is 3.66. The van der Waals surface area contributed by atoms with Gasteiger partial charge in [-0.15, -0.1) is 0 Å². The fourth-order valence-electron chi connectivity index (χ4n) is 1.39. The van der Waals surface area contributed by atoms with Gasteiger partial charge in [0.2, 0.25) is 0 Å². The second-order valence-electron chi connectivity index (χ2n) is 3.56. The number of carbonyl (C=O) groups excluding carboxylic acids is 2. The zero-order valence-electron chi connectivity index (χ0n) is 9.26. The predicted molar refractivity (Wildman–Crippen MR) is 58.0 cm³/mol. The van der Waals surface area contributed by atoms with Gasteiger partial charge < -0.3 is 5.32 Å². The fraction of sp³-hybridized carbons (Fsp3) is 0.455. The van der Waals surface area contributed by atoms with Gasteiger partial charge in [0.05, 0.1) is 0 Å². The largest absolute Gasteiger partial charge is 0.326 e. The Balaban J connectivity index is 2.86. The Morgan fingerprint density at radius 1 is 1.40 bits per heavy atom. The lowest BCUT2D eigenvalue weighted by Gasteiger charge is -2.09. The number of hydrogen-bond acceptors (Lipinski definition) is 2. The molecular formula is C11H16N2O2. The van der Waals surface area contributed by atoms with Gasteiger partial charge in [-0.3, -0.25) is 10.1 Å². The van der Waals surface area contributed by atoms with E-state index in [1.165, 1.54) is 0 Å². The molecule has 15 heavy (non-hydrogen) atoms. The molecule has 0 aromatic carbocycles. The lowest BCUT2D eigenvalue weighted by molar-refractivity contribution is -0.115. The van der Waals surface area contributed by atoms with E-state index < -0.39 is 6.03 Å². The van der Waals surface area contributed by atoms with Crippen molar-refractivity contribution in [3.05, 3.63) is 23.4 Å². The smallest absolute Gasteiger partial charge is 0.303 e. The van der Waals surface area contributed by atoms with Crippen LogP contribution < -0.4 is 10.6 Å². The normalized spacial score (nSPS) is 21.5. The van der Waals surface area contributed by atoms with Gasteiger partial charge in [0.1, 0.15) is 5.70 Å². The highest BCUT2D eigenvalue weighted by atomic mass is 16.2. The highest BCUT2D eigenvalue weighted by Gasteiger charge is 2.23. The third-order valence-corrected chi connectivity index (χ3v) is 2.55. The van der Waals surface area contributed by atoms with Crippen LogP contribution in [0.5, 0.6) is 0 Å². The van der Waals surface area contributed by atoms with E-state index in [9.17, 15) is 9.59 Å². The second kappa shape index (κ2) is 4.77. The number of urea groups is 1. The van der Waals surface area contributed by atoms with E-state index in [0.29, 0.717) is 11.6 Å². The molecule has 82 valence electrons. The average molecular weight is 208 g/mol. The zero-order chi connectivity index (χ0) is 11.4. The van der Waals surface area contributed by atoms with E-state index >= 15 is 0 Å². The van der Waals surface area contributed by atoms with Crippen molar-refractivity contribution in [2.75, 3.05) is 0 Å². The molecule has 2 N–H and O–H groups in total. The van der Waals surface area contributed by atoms with Crippen LogP contribution in [-0.2, 0) is 4.79 Å². The van der Waals surface area contributed by atoms with Crippen molar-refractivity contribution < 1.29 is 9.59 Å². The predicted octanol–water partition coefficient (Wildman–Crippen LogP) is 1.70. The molecular weight excluding hydrogens is 192 g/mol. The molecule has 1 aliphatic heterocycles. The Morgan fingerprint density at radius 3 is 2.47 bits per heavy atom. The summed E-state index contributed by atoms with van der Waals surface area (Å²) >= 11 is 0. The molecule has 1 rings (SSSR count). The molecule has 1 aliphatic rings. The maximum Gasteiger partial charge on any atom is 0.326 e. The summed E-state index contributed by atoms with van der Waals surface area (Å²) in [6.45, 7) is 6.09. The minimum absolute atomic E-state index is 0.327. The van der Waals surface area contributed by atoms with Crippen molar-refractivity contribution in [1.82, 2.24) is 10.6 Å². The van der Waals surface area contributed by atoms with Gasteiger partial charge in [-0.05, 0) is 30.9 Å². The van der Waals surface area contributed by atoms with Crippen molar-refractivity contribution in [1.29, 1.82) is 0 Å². The molecule has 4 heteroatoms. The van der Waals surface area contributed by atoms with Gasteiger partial charge in [0.15, 0.2) is 0 Å². The molecule has 0 radical (unpaired) electrons. The van der Waals surface area contributed by atoms with Crippen LogP contribution in [0.2, 0.25) is 0 Å². The second-order valence-corrected chi connectivity index (χ2v) is 3.56. The van der Waals surface area contributed by atoms with Gasteiger partial charge in [-0.25, -0.2) is 4.79 Å². The van der Waals surface area contributed by atoms with Crippen LogP contribution in [0.3, 0.4) is 0 Å². The van der Waals surface area contributed by atoms with Crippen molar-refractivity contribution in [3.63, 3.8) is 0 Å². The molecule has 1 unspecified atom stereocenters. The quantitative estimate of drug-likeness (QED) is 0.548. The van der Waals surface area contributed by atoms with Gasteiger partial charge >= 0.3 is 6.03 Å². The summed E-state index contributed by atoms with van der Waals surface area (Å²) in [7, 11) is 0. The van der Waals surface area contributed by atoms with Crippen LogP contribution in [0, 0.1) is 5.92 Å². The Morgan fingerprint density at radius 2 is 2.07 bits per heavy atom. The maximum absolute atomic E-state index is 11.3. The van der Waals surface area contributed by atoms with Gasteiger partial charge in [0, 0.05) is 0 Å². The van der Waals surface area contributed by atoms with Crippen LogP contribution >= 0.6 is 0 Å². The standard InChI is InChI=1S/C11H16N2O2/c1-4-7(3)8(5-2)6-9-10(14)13-11(15)12-9/h5-7H,4H2,1-3H3,(H2,12,13,14,15). The molecule has 0 bridgehead atoms. The van der Waals surface area contributed by atoms with Crippen LogP contribution in [0.1, 0.15) is 27.2 Å². The Bertz CT molecular complexity index is 342. The molecule has 0 aromatic rings. The zero-order valence-corrected chi connectivity index (χ0v) is 9.26. The summed E-state index contributed by atoms with van der Waals surface area (Å²) in [5, 5.41) is 4.64. The molecule has 1 fully saturated rings. The summed E-state index contributed by atoms with van der Waals surface area (Å²) in [5.41, 5.74) is 1.39. The van der Waals surface area contributed by atoms with Crippen LogP contribution in [0.25, 0.3) is 0 Å². The monoisotopic (exact) mass is 208 g/mol. The molecule has 1 heterocycles. The summed E-state index contributed by atoms with van der Waals surface area (Å²) in [5.74, 6) is 0.0236. The van der Waals surface area contributed by atoms with Crippen molar-refractivity contribution >= 4 is 11.9 Å². The molecule has 1 atom stereocenters. The molecule has 1 saturated heterocycles. The first kappa shape index (κ1) is 11.5. The number of hydrogen-bond donors (Lipinski definition) is 2. The molecule has 0 aliphatic carbocycles. The third kappa shape index (κ3) is 2.68. The fourth-order valence-corrected chi connectivity index (χ4v) is 1.39. The minimum atomic E-state index is -0.453. The van der Waals surface area contributed by atoms with E-state index in [2.05, 4.69) is 24.5 Å². The molecule has 4 nitrogen and oxygen atoms in total. The lowest BCUT2D eigenvalue weighted by Crippen LogP contribution is -2.22. The van der Waals surface area contributed by atoms with Crippen LogP contribution in [-0.4, -0.2) is 11.9 Å². The Hall–Kier alpha value is -1.58. The number of carbonyl (C=O) groups is 2. The molecule has 0 saturated carbocycles.